The van der Waals surface area contributed by atoms with Gasteiger partial charge in [0.2, 0.25) is 5.91 Å². The summed E-state index contributed by atoms with van der Waals surface area (Å²) < 4.78 is 2.42. The molecule has 0 bridgehead atoms. The molecule has 0 atom stereocenters. The molecule has 0 aliphatic heterocycles. The highest BCUT2D eigenvalue weighted by Gasteiger charge is 2.08. The minimum atomic E-state index is -0.888. The van der Waals surface area contributed by atoms with Crippen LogP contribution in [0.4, 0.5) is 5.69 Å². The minimum Gasteiger partial charge on any atom is -0.481 e. The lowest BCUT2D eigenvalue weighted by Gasteiger charge is -2.05. The lowest BCUT2D eigenvalue weighted by Crippen LogP contribution is -2.19. The molecule has 0 fully saturated rings. The first-order chi connectivity index (χ1) is 10.0. The summed E-state index contributed by atoms with van der Waals surface area (Å²) in [7, 11) is 0. The summed E-state index contributed by atoms with van der Waals surface area (Å²) in [6.45, 7) is 0.0333. The lowest BCUT2D eigenvalue weighted by molar-refractivity contribution is -0.137. The van der Waals surface area contributed by atoms with Crippen LogP contribution in [0.5, 0.6) is 0 Å². The van der Waals surface area contributed by atoms with Crippen molar-refractivity contribution in [3.05, 3.63) is 39.7 Å². The van der Waals surface area contributed by atoms with Gasteiger partial charge in [0.25, 0.3) is 0 Å². The van der Waals surface area contributed by atoms with Crippen molar-refractivity contribution in [1.29, 1.82) is 0 Å². The second-order valence-electron chi connectivity index (χ2n) is 4.36. The molecule has 1 heterocycles. The Morgan fingerprint density at radius 3 is 2.90 bits per heavy atom. The number of carbonyl (C=O) groups excluding carboxylic acids is 1. The number of nitrogens with one attached hydrogen (secondary N) is 1. The van der Waals surface area contributed by atoms with E-state index >= 15 is 0 Å². The summed E-state index contributed by atoms with van der Waals surface area (Å²) in [6.07, 6.45) is 1.87. The summed E-state index contributed by atoms with van der Waals surface area (Å²) in [5.74, 6) is -1.10. The summed E-state index contributed by atoms with van der Waals surface area (Å²) in [5, 5.41) is 19.0. The van der Waals surface area contributed by atoms with Gasteiger partial charge in [-0.05, 0) is 40.8 Å². The quantitative estimate of drug-likeness (QED) is 0.718. The number of carboxylic acids is 1. The molecule has 2 aromatic rings. The van der Waals surface area contributed by atoms with Crippen LogP contribution in [0, 0.1) is 3.57 Å². The number of hydrogen-bond donors (Lipinski definition) is 2. The number of rotatable bonds is 6. The molecule has 0 saturated heterocycles. The van der Waals surface area contributed by atoms with Crippen LogP contribution in [0.3, 0.4) is 0 Å². The first-order valence-corrected chi connectivity index (χ1v) is 7.27. The monoisotopic (exact) mass is 400 g/mol. The van der Waals surface area contributed by atoms with E-state index in [2.05, 4.69) is 38.2 Å². The first-order valence-electron chi connectivity index (χ1n) is 6.19. The van der Waals surface area contributed by atoms with Crippen molar-refractivity contribution < 1.29 is 14.7 Å². The highest BCUT2D eigenvalue weighted by atomic mass is 127. The van der Waals surface area contributed by atoms with Crippen LogP contribution in [0.25, 0.3) is 0 Å². The molecule has 0 saturated carbocycles. The van der Waals surface area contributed by atoms with Gasteiger partial charge in [-0.15, -0.1) is 5.10 Å². The standard InChI is InChI=1S/C13H13IN4O3/c14-9-2-1-3-10(6-9)15-12(19)8-18-7-11(16-17-18)4-5-13(20)21/h1-3,6-7H,4-5,8H2,(H,15,19)(H,20,21). The molecular formula is C13H13IN4O3. The van der Waals surface area contributed by atoms with E-state index in [9.17, 15) is 9.59 Å². The Hall–Kier alpha value is -1.97. The van der Waals surface area contributed by atoms with Crippen molar-refractivity contribution >= 4 is 40.2 Å². The van der Waals surface area contributed by atoms with Gasteiger partial charge in [-0.25, -0.2) is 4.68 Å². The molecule has 0 aliphatic rings. The highest BCUT2D eigenvalue weighted by molar-refractivity contribution is 14.1. The predicted octanol–water partition coefficient (Wildman–Crippen LogP) is 1.54. The average molecular weight is 400 g/mol. The molecule has 1 amide bonds. The molecule has 2 rings (SSSR count). The number of hydrogen-bond acceptors (Lipinski definition) is 4. The third kappa shape index (κ3) is 5.14. The number of carboxylic acid groups (broad SMARTS) is 1. The number of aromatic nitrogens is 3. The number of aliphatic carboxylic acids is 1. The Morgan fingerprint density at radius 1 is 1.38 bits per heavy atom. The van der Waals surface area contributed by atoms with E-state index in [4.69, 9.17) is 5.11 Å². The highest BCUT2D eigenvalue weighted by Crippen LogP contribution is 2.12. The second-order valence-corrected chi connectivity index (χ2v) is 5.61. The van der Waals surface area contributed by atoms with Crippen LogP contribution in [0.1, 0.15) is 12.1 Å². The van der Waals surface area contributed by atoms with Gasteiger partial charge in [0.1, 0.15) is 6.54 Å². The zero-order chi connectivity index (χ0) is 15.2. The third-order valence-electron chi connectivity index (χ3n) is 2.60. The topological polar surface area (TPSA) is 97.1 Å². The normalized spacial score (nSPS) is 10.3. The summed E-state index contributed by atoms with van der Waals surface area (Å²) >= 11 is 2.17. The van der Waals surface area contributed by atoms with E-state index in [1.54, 1.807) is 12.3 Å². The third-order valence-corrected chi connectivity index (χ3v) is 3.27. The smallest absolute Gasteiger partial charge is 0.303 e. The zero-order valence-corrected chi connectivity index (χ0v) is 13.1. The van der Waals surface area contributed by atoms with Crippen molar-refractivity contribution in [2.24, 2.45) is 0 Å². The molecule has 8 heteroatoms. The fourth-order valence-corrected chi connectivity index (χ4v) is 2.22. The van der Waals surface area contributed by atoms with E-state index < -0.39 is 5.97 Å². The number of halogens is 1. The summed E-state index contributed by atoms with van der Waals surface area (Å²) in [5.41, 5.74) is 1.28. The van der Waals surface area contributed by atoms with Crippen LogP contribution < -0.4 is 5.32 Å². The molecule has 21 heavy (non-hydrogen) atoms. The van der Waals surface area contributed by atoms with E-state index in [-0.39, 0.29) is 18.9 Å². The van der Waals surface area contributed by atoms with Crippen molar-refractivity contribution in [3.63, 3.8) is 0 Å². The van der Waals surface area contributed by atoms with Crippen molar-refractivity contribution in [2.45, 2.75) is 19.4 Å². The molecule has 1 aromatic carbocycles. The molecule has 1 aromatic heterocycles. The molecule has 0 radical (unpaired) electrons. The predicted molar refractivity (Wildman–Crippen MR) is 83.8 cm³/mol. The molecule has 0 aliphatic carbocycles. The SMILES string of the molecule is O=C(O)CCc1cn(CC(=O)Nc2cccc(I)c2)nn1. The second kappa shape index (κ2) is 7.16. The maximum absolute atomic E-state index is 11.9. The first kappa shape index (κ1) is 15.4. The van der Waals surface area contributed by atoms with Gasteiger partial charge in [0, 0.05) is 21.9 Å². The summed E-state index contributed by atoms with van der Waals surface area (Å²) in [6, 6.07) is 7.46. The average Bonchev–Trinajstić information content (AvgIpc) is 2.83. The number of benzene rings is 1. The van der Waals surface area contributed by atoms with Gasteiger partial charge >= 0.3 is 5.97 Å². The number of aryl methyl sites for hydroxylation is 1. The molecule has 7 nitrogen and oxygen atoms in total. The van der Waals surface area contributed by atoms with Crippen LogP contribution in [-0.2, 0) is 22.6 Å². The number of carbonyl (C=O) groups is 2. The van der Waals surface area contributed by atoms with Gasteiger partial charge in [-0.3, -0.25) is 9.59 Å². The molecule has 110 valence electrons. The lowest BCUT2D eigenvalue weighted by atomic mass is 10.2. The van der Waals surface area contributed by atoms with Gasteiger partial charge in [0.15, 0.2) is 0 Å². The van der Waals surface area contributed by atoms with E-state index in [1.165, 1.54) is 4.68 Å². The maximum atomic E-state index is 11.9. The molecule has 0 unspecified atom stereocenters. The largest absolute Gasteiger partial charge is 0.481 e. The van der Waals surface area contributed by atoms with E-state index in [0.29, 0.717) is 12.1 Å². The number of anilines is 1. The fraction of sp³-hybridized carbons (Fsp3) is 0.231. The zero-order valence-electron chi connectivity index (χ0n) is 11.0. The van der Waals surface area contributed by atoms with Gasteiger partial charge in [0.05, 0.1) is 12.1 Å². The van der Waals surface area contributed by atoms with Crippen molar-refractivity contribution in [1.82, 2.24) is 15.0 Å². The van der Waals surface area contributed by atoms with Gasteiger partial charge in [-0.2, -0.15) is 0 Å². The molecule has 0 spiro atoms. The summed E-state index contributed by atoms with van der Waals surface area (Å²) in [4.78, 5) is 22.3. The number of nitrogens with zero attached hydrogens (tertiary/aromatic N) is 3. The van der Waals surface area contributed by atoms with Crippen molar-refractivity contribution in [2.75, 3.05) is 5.32 Å². The Labute approximate surface area is 134 Å². The van der Waals surface area contributed by atoms with Crippen LogP contribution >= 0.6 is 22.6 Å². The van der Waals surface area contributed by atoms with Crippen LogP contribution in [0.15, 0.2) is 30.5 Å². The Balaban J connectivity index is 1.89. The number of amides is 1. The molecular weight excluding hydrogens is 387 g/mol. The fourth-order valence-electron chi connectivity index (χ4n) is 1.68. The van der Waals surface area contributed by atoms with Crippen LogP contribution in [-0.4, -0.2) is 32.0 Å². The Morgan fingerprint density at radius 2 is 2.19 bits per heavy atom. The molecule has 2 N–H and O–H groups in total. The van der Waals surface area contributed by atoms with E-state index in [0.717, 1.165) is 9.26 Å². The maximum Gasteiger partial charge on any atom is 0.303 e. The van der Waals surface area contributed by atoms with Gasteiger partial charge < -0.3 is 10.4 Å². The van der Waals surface area contributed by atoms with E-state index in [1.807, 2.05) is 18.2 Å². The van der Waals surface area contributed by atoms with Crippen molar-refractivity contribution in [3.8, 4) is 0 Å². The Bertz CT molecular complexity index is 656. The van der Waals surface area contributed by atoms with Crippen LogP contribution in [0.2, 0.25) is 0 Å². The Kier molecular flexibility index (Phi) is 5.26. The minimum absolute atomic E-state index is 0.00661. The van der Waals surface area contributed by atoms with Gasteiger partial charge in [-0.1, -0.05) is 11.3 Å².